The SMILES string of the molecule is CN(CC(O)COCc1ccccc1)C(=O)C1CC=CCC1. The van der Waals surface area contributed by atoms with Crippen molar-refractivity contribution in [2.45, 2.75) is 32.0 Å². The quantitative estimate of drug-likeness (QED) is 0.787. The van der Waals surface area contributed by atoms with Crippen LogP contribution in [-0.4, -0.2) is 42.2 Å². The van der Waals surface area contributed by atoms with Crippen LogP contribution < -0.4 is 0 Å². The van der Waals surface area contributed by atoms with Gasteiger partial charge in [0.1, 0.15) is 0 Å². The van der Waals surface area contributed by atoms with Crippen LogP contribution in [0.15, 0.2) is 42.5 Å². The molecule has 1 amide bonds. The van der Waals surface area contributed by atoms with Gasteiger partial charge in [-0.1, -0.05) is 42.5 Å². The van der Waals surface area contributed by atoms with Crippen molar-refractivity contribution < 1.29 is 14.6 Å². The van der Waals surface area contributed by atoms with Crippen LogP contribution in [0.2, 0.25) is 0 Å². The maximum atomic E-state index is 12.3. The van der Waals surface area contributed by atoms with E-state index in [1.807, 2.05) is 30.3 Å². The van der Waals surface area contributed by atoms with Gasteiger partial charge < -0.3 is 14.7 Å². The van der Waals surface area contributed by atoms with Gasteiger partial charge in [-0.2, -0.15) is 0 Å². The topological polar surface area (TPSA) is 49.8 Å². The second-order valence-electron chi connectivity index (χ2n) is 5.85. The molecule has 0 radical (unpaired) electrons. The van der Waals surface area contributed by atoms with Gasteiger partial charge in [0, 0.05) is 19.5 Å². The van der Waals surface area contributed by atoms with E-state index in [0.717, 1.165) is 24.8 Å². The minimum Gasteiger partial charge on any atom is -0.389 e. The number of hydrogen-bond acceptors (Lipinski definition) is 3. The predicted molar refractivity (Wildman–Crippen MR) is 86.2 cm³/mol. The smallest absolute Gasteiger partial charge is 0.225 e. The van der Waals surface area contributed by atoms with Gasteiger partial charge in [-0.25, -0.2) is 0 Å². The third-order valence-electron chi connectivity index (χ3n) is 3.90. The van der Waals surface area contributed by atoms with E-state index >= 15 is 0 Å². The molecular formula is C18H25NO3. The first kappa shape index (κ1) is 16.7. The Hall–Kier alpha value is -1.65. The number of hydrogen-bond donors (Lipinski definition) is 1. The van der Waals surface area contributed by atoms with Crippen LogP contribution in [0.5, 0.6) is 0 Å². The molecule has 0 saturated heterocycles. The fraction of sp³-hybridized carbons (Fsp3) is 0.500. The Labute approximate surface area is 132 Å². The Morgan fingerprint density at radius 1 is 1.36 bits per heavy atom. The van der Waals surface area contributed by atoms with E-state index in [4.69, 9.17) is 4.74 Å². The highest BCUT2D eigenvalue weighted by Gasteiger charge is 2.23. The molecule has 0 bridgehead atoms. The first-order valence-corrected chi connectivity index (χ1v) is 7.86. The van der Waals surface area contributed by atoms with Crippen molar-refractivity contribution in [2.75, 3.05) is 20.2 Å². The molecule has 1 aromatic carbocycles. The summed E-state index contributed by atoms with van der Waals surface area (Å²) >= 11 is 0. The van der Waals surface area contributed by atoms with Crippen LogP contribution in [0.1, 0.15) is 24.8 Å². The van der Waals surface area contributed by atoms with Gasteiger partial charge in [0.05, 0.1) is 19.3 Å². The molecule has 4 heteroatoms. The van der Waals surface area contributed by atoms with Crippen LogP contribution in [0.25, 0.3) is 0 Å². The lowest BCUT2D eigenvalue weighted by Crippen LogP contribution is -2.39. The van der Waals surface area contributed by atoms with E-state index in [-0.39, 0.29) is 18.4 Å². The molecule has 4 nitrogen and oxygen atoms in total. The molecule has 2 rings (SSSR count). The number of aliphatic hydroxyl groups excluding tert-OH is 1. The molecule has 1 aromatic rings. The van der Waals surface area contributed by atoms with E-state index in [9.17, 15) is 9.90 Å². The summed E-state index contributed by atoms with van der Waals surface area (Å²) in [5.74, 6) is 0.180. The summed E-state index contributed by atoms with van der Waals surface area (Å²) in [4.78, 5) is 13.9. The number of rotatable bonds is 7. The maximum absolute atomic E-state index is 12.3. The number of ether oxygens (including phenoxy) is 1. The predicted octanol–water partition coefficient (Wildman–Crippen LogP) is 2.38. The van der Waals surface area contributed by atoms with Gasteiger partial charge in [-0.15, -0.1) is 0 Å². The molecule has 0 aliphatic heterocycles. The Balaban J connectivity index is 1.68. The highest BCUT2D eigenvalue weighted by atomic mass is 16.5. The summed E-state index contributed by atoms with van der Waals surface area (Å²) in [6.07, 6.45) is 6.21. The standard InChI is InChI=1S/C18H25NO3/c1-19(18(21)16-10-6-3-7-11-16)12-17(20)14-22-13-15-8-4-2-5-9-15/h2-6,8-9,16-17,20H,7,10-14H2,1H3. The molecule has 0 fully saturated rings. The van der Waals surface area contributed by atoms with Gasteiger partial charge in [0.25, 0.3) is 0 Å². The lowest BCUT2D eigenvalue weighted by Gasteiger charge is -2.26. The van der Waals surface area contributed by atoms with Crippen molar-refractivity contribution in [2.24, 2.45) is 5.92 Å². The average Bonchev–Trinajstić information content (AvgIpc) is 2.56. The third-order valence-corrected chi connectivity index (χ3v) is 3.90. The summed E-state index contributed by atoms with van der Waals surface area (Å²) in [5, 5.41) is 10.0. The molecule has 120 valence electrons. The van der Waals surface area contributed by atoms with Gasteiger partial charge >= 0.3 is 0 Å². The van der Waals surface area contributed by atoms with E-state index in [0.29, 0.717) is 13.2 Å². The molecule has 0 spiro atoms. The summed E-state index contributed by atoms with van der Waals surface area (Å²) < 4.78 is 5.51. The fourth-order valence-corrected chi connectivity index (χ4v) is 2.68. The van der Waals surface area contributed by atoms with Crippen molar-refractivity contribution in [1.82, 2.24) is 4.90 Å². The minimum absolute atomic E-state index is 0.0624. The minimum atomic E-state index is -0.656. The zero-order valence-corrected chi connectivity index (χ0v) is 13.1. The summed E-state index contributed by atoms with van der Waals surface area (Å²) in [5.41, 5.74) is 1.08. The van der Waals surface area contributed by atoms with Crippen molar-refractivity contribution in [3.8, 4) is 0 Å². The number of amides is 1. The number of nitrogens with zero attached hydrogens (tertiary/aromatic N) is 1. The second kappa shape index (κ2) is 8.71. The first-order valence-electron chi connectivity index (χ1n) is 7.86. The molecule has 0 heterocycles. The monoisotopic (exact) mass is 303 g/mol. The van der Waals surface area contributed by atoms with E-state index < -0.39 is 6.10 Å². The zero-order valence-electron chi connectivity index (χ0n) is 13.1. The normalized spacial score (nSPS) is 18.9. The summed E-state index contributed by atoms with van der Waals surface area (Å²) in [6, 6.07) is 9.84. The van der Waals surface area contributed by atoms with E-state index in [1.165, 1.54) is 0 Å². The second-order valence-corrected chi connectivity index (χ2v) is 5.85. The van der Waals surface area contributed by atoms with Crippen LogP contribution in [-0.2, 0) is 16.1 Å². The number of aliphatic hydroxyl groups is 1. The van der Waals surface area contributed by atoms with Gasteiger partial charge in [0.15, 0.2) is 0 Å². The highest BCUT2D eigenvalue weighted by molar-refractivity contribution is 5.78. The lowest BCUT2D eigenvalue weighted by molar-refractivity contribution is -0.136. The van der Waals surface area contributed by atoms with Crippen molar-refractivity contribution in [1.29, 1.82) is 0 Å². The number of carbonyl (C=O) groups excluding carboxylic acids is 1. The van der Waals surface area contributed by atoms with Crippen LogP contribution in [0.3, 0.4) is 0 Å². The van der Waals surface area contributed by atoms with E-state index in [2.05, 4.69) is 12.2 Å². The van der Waals surface area contributed by atoms with Gasteiger partial charge in [0.2, 0.25) is 5.91 Å². The maximum Gasteiger partial charge on any atom is 0.225 e. The Bertz CT molecular complexity index is 486. The number of carbonyl (C=O) groups is 1. The lowest BCUT2D eigenvalue weighted by atomic mass is 9.93. The Morgan fingerprint density at radius 3 is 2.82 bits per heavy atom. The number of allylic oxidation sites excluding steroid dienone is 2. The molecule has 0 saturated carbocycles. The molecule has 2 atom stereocenters. The average molecular weight is 303 g/mol. The van der Waals surface area contributed by atoms with Crippen molar-refractivity contribution in [3.63, 3.8) is 0 Å². The molecule has 1 N–H and O–H groups in total. The van der Waals surface area contributed by atoms with Crippen molar-refractivity contribution in [3.05, 3.63) is 48.0 Å². The largest absolute Gasteiger partial charge is 0.389 e. The molecular weight excluding hydrogens is 278 g/mol. The van der Waals surface area contributed by atoms with Gasteiger partial charge in [-0.05, 0) is 24.8 Å². The Morgan fingerprint density at radius 2 is 2.14 bits per heavy atom. The Kier molecular flexibility index (Phi) is 6.62. The van der Waals surface area contributed by atoms with Crippen LogP contribution >= 0.6 is 0 Å². The third kappa shape index (κ3) is 5.28. The summed E-state index contributed by atoms with van der Waals surface area (Å²) in [7, 11) is 1.75. The molecule has 1 aliphatic carbocycles. The summed E-state index contributed by atoms with van der Waals surface area (Å²) in [6.45, 7) is 1.02. The van der Waals surface area contributed by atoms with Crippen LogP contribution in [0, 0.1) is 5.92 Å². The molecule has 2 unspecified atom stereocenters. The molecule has 1 aliphatic rings. The highest BCUT2D eigenvalue weighted by Crippen LogP contribution is 2.20. The van der Waals surface area contributed by atoms with Crippen LogP contribution in [0.4, 0.5) is 0 Å². The number of likely N-dealkylation sites (N-methyl/N-ethyl adjacent to an activating group) is 1. The fourth-order valence-electron chi connectivity index (χ4n) is 2.68. The van der Waals surface area contributed by atoms with E-state index in [1.54, 1.807) is 11.9 Å². The first-order chi connectivity index (χ1) is 10.7. The van der Waals surface area contributed by atoms with Gasteiger partial charge in [-0.3, -0.25) is 4.79 Å². The molecule has 0 aromatic heterocycles. The number of benzene rings is 1. The van der Waals surface area contributed by atoms with Crippen molar-refractivity contribution >= 4 is 5.91 Å². The molecule has 22 heavy (non-hydrogen) atoms. The zero-order chi connectivity index (χ0) is 15.8.